The lowest BCUT2D eigenvalue weighted by Gasteiger charge is -2.16. The number of aromatic nitrogens is 4. The maximum absolute atomic E-state index is 13.3. The number of rotatable bonds is 3. The zero-order valence-corrected chi connectivity index (χ0v) is 14.3. The molecule has 0 fully saturated rings. The Labute approximate surface area is 147 Å². The molecule has 0 unspecified atom stereocenters. The Hall–Kier alpha value is -3.10. The highest BCUT2D eigenvalue weighted by Gasteiger charge is 2.34. The van der Waals surface area contributed by atoms with Gasteiger partial charge >= 0.3 is 6.18 Å². The lowest BCUT2D eigenvalue weighted by Crippen LogP contribution is -2.15. The predicted molar refractivity (Wildman–Crippen MR) is 89.2 cm³/mol. The number of carbonyl (C=O) groups excluding carboxylic acids is 1. The molecule has 3 rings (SSSR count). The minimum Gasteiger partial charge on any atom is -0.317 e. The van der Waals surface area contributed by atoms with Crippen LogP contribution in [-0.2, 0) is 13.2 Å². The second kappa shape index (κ2) is 6.32. The van der Waals surface area contributed by atoms with E-state index in [1.54, 1.807) is 27.0 Å². The summed E-state index contributed by atoms with van der Waals surface area (Å²) in [4.78, 5) is 16.4. The lowest BCUT2D eigenvalue weighted by atomic mass is 10.1. The molecule has 0 aliphatic carbocycles. The van der Waals surface area contributed by atoms with Crippen molar-refractivity contribution in [2.75, 3.05) is 5.32 Å². The summed E-state index contributed by atoms with van der Waals surface area (Å²) in [5.74, 6) is -0.363. The Morgan fingerprint density at radius 3 is 2.50 bits per heavy atom. The molecule has 0 spiro atoms. The predicted octanol–water partition coefficient (Wildman–Crippen LogP) is 3.49. The van der Waals surface area contributed by atoms with Gasteiger partial charge in [0, 0.05) is 18.4 Å². The van der Waals surface area contributed by atoms with Gasteiger partial charge in [0.05, 0.1) is 16.8 Å². The van der Waals surface area contributed by atoms with Crippen LogP contribution in [0.3, 0.4) is 0 Å². The second-order valence-electron chi connectivity index (χ2n) is 5.83. The standard InChI is InChI=1S/C17H16F3N5O/c1-10-8-12(15(26)22-16-21-9-24(3)23-16)11(2)25(10)14-7-5-4-6-13(14)17(18,19)20/h4-9H,1-3H3,(H,22,23,26). The quantitative estimate of drug-likeness (QED) is 0.775. The summed E-state index contributed by atoms with van der Waals surface area (Å²) in [6.45, 7) is 3.25. The number of halogens is 3. The topological polar surface area (TPSA) is 64.7 Å². The van der Waals surface area contributed by atoms with E-state index in [2.05, 4.69) is 15.4 Å². The summed E-state index contributed by atoms with van der Waals surface area (Å²) in [6.07, 6.45) is -3.07. The maximum Gasteiger partial charge on any atom is 0.418 e. The van der Waals surface area contributed by atoms with Crippen molar-refractivity contribution in [1.29, 1.82) is 0 Å². The number of carbonyl (C=O) groups is 1. The number of hydrogen-bond acceptors (Lipinski definition) is 3. The highest BCUT2D eigenvalue weighted by molar-refractivity contribution is 6.04. The van der Waals surface area contributed by atoms with E-state index >= 15 is 0 Å². The molecule has 0 atom stereocenters. The van der Waals surface area contributed by atoms with Crippen molar-refractivity contribution in [3.05, 3.63) is 59.2 Å². The summed E-state index contributed by atoms with van der Waals surface area (Å²) in [7, 11) is 1.66. The molecule has 2 aromatic heterocycles. The Kier molecular flexibility index (Phi) is 4.31. The number of para-hydroxylation sites is 1. The van der Waals surface area contributed by atoms with E-state index in [0.717, 1.165) is 6.07 Å². The van der Waals surface area contributed by atoms with Crippen LogP contribution in [0.1, 0.15) is 27.3 Å². The van der Waals surface area contributed by atoms with Crippen molar-refractivity contribution in [2.24, 2.45) is 7.05 Å². The highest BCUT2D eigenvalue weighted by Crippen LogP contribution is 2.35. The minimum atomic E-state index is -4.50. The molecule has 0 saturated carbocycles. The summed E-state index contributed by atoms with van der Waals surface area (Å²) in [5, 5.41) is 6.50. The number of hydrogen-bond donors (Lipinski definition) is 1. The molecular weight excluding hydrogens is 347 g/mol. The van der Waals surface area contributed by atoms with Crippen molar-refractivity contribution in [3.8, 4) is 5.69 Å². The number of nitrogens with zero attached hydrogens (tertiary/aromatic N) is 4. The van der Waals surface area contributed by atoms with Gasteiger partial charge in [0.15, 0.2) is 0 Å². The number of nitrogens with one attached hydrogen (secondary N) is 1. The van der Waals surface area contributed by atoms with Crippen LogP contribution in [0.25, 0.3) is 5.69 Å². The highest BCUT2D eigenvalue weighted by atomic mass is 19.4. The van der Waals surface area contributed by atoms with Crippen LogP contribution in [0.15, 0.2) is 36.7 Å². The van der Waals surface area contributed by atoms with Gasteiger partial charge < -0.3 is 4.57 Å². The molecule has 1 aromatic carbocycles. The first kappa shape index (κ1) is 17.7. The van der Waals surface area contributed by atoms with Crippen molar-refractivity contribution < 1.29 is 18.0 Å². The molecule has 9 heteroatoms. The molecule has 0 saturated heterocycles. The van der Waals surface area contributed by atoms with Gasteiger partial charge in [-0.15, -0.1) is 5.10 Å². The first-order valence-electron chi connectivity index (χ1n) is 7.71. The van der Waals surface area contributed by atoms with Crippen LogP contribution < -0.4 is 5.32 Å². The lowest BCUT2D eigenvalue weighted by molar-refractivity contribution is -0.137. The number of amides is 1. The summed E-state index contributed by atoms with van der Waals surface area (Å²) in [6, 6.07) is 6.80. The largest absolute Gasteiger partial charge is 0.418 e. The van der Waals surface area contributed by atoms with Crippen molar-refractivity contribution in [3.63, 3.8) is 0 Å². The molecule has 3 aromatic rings. The average molecular weight is 363 g/mol. The molecule has 2 heterocycles. The maximum atomic E-state index is 13.3. The zero-order chi connectivity index (χ0) is 19.1. The van der Waals surface area contributed by atoms with Gasteiger partial charge in [-0.1, -0.05) is 12.1 Å². The van der Waals surface area contributed by atoms with Crippen LogP contribution in [-0.4, -0.2) is 25.2 Å². The Bertz CT molecular complexity index is 971. The monoisotopic (exact) mass is 363 g/mol. The molecule has 136 valence electrons. The van der Waals surface area contributed by atoms with E-state index in [9.17, 15) is 18.0 Å². The second-order valence-corrected chi connectivity index (χ2v) is 5.83. The van der Waals surface area contributed by atoms with E-state index in [1.807, 2.05) is 0 Å². The third-order valence-corrected chi connectivity index (χ3v) is 3.95. The Balaban J connectivity index is 2.03. The van der Waals surface area contributed by atoms with Crippen molar-refractivity contribution in [2.45, 2.75) is 20.0 Å². The molecule has 0 aliphatic rings. The Morgan fingerprint density at radius 2 is 1.88 bits per heavy atom. The van der Waals surface area contributed by atoms with Gasteiger partial charge in [-0.2, -0.15) is 13.2 Å². The molecule has 0 radical (unpaired) electrons. The molecule has 1 N–H and O–H groups in total. The molecule has 1 amide bonds. The van der Waals surface area contributed by atoms with Gasteiger partial charge in [0.1, 0.15) is 6.33 Å². The van der Waals surface area contributed by atoms with Crippen LogP contribution >= 0.6 is 0 Å². The van der Waals surface area contributed by atoms with Gasteiger partial charge in [-0.05, 0) is 32.0 Å². The molecule has 0 aliphatic heterocycles. The first-order valence-corrected chi connectivity index (χ1v) is 7.71. The number of aryl methyl sites for hydroxylation is 2. The molecule has 26 heavy (non-hydrogen) atoms. The fourth-order valence-corrected chi connectivity index (χ4v) is 2.84. The van der Waals surface area contributed by atoms with Crippen molar-refractivity contribution >= 4 is 11.9 Å². The van der Waals surface area contributed by atoms with Gasteiger partial charge in [-0.3, -0.25) is 14.8 Å². The summed E-state index contributed by atoms with van der Waals surface area (Å²) >= 11 is 0. The first-order chi connectivity index (χ1) is 12.2. The van der Waals surface area contributed by atoms with E-state index in [-0.39, 0.29) is 17.2 Å². The van der Waals surface area contributed by atoms with Crippen LogP contribution in [0.2, 0.25) is 0 Å². The van der Waals surface area contributed by atoms with Gasteiger partial charge in [-0.25, -0.2) is 4.98 Å². The Morgan fingerprint density at radius 1 is 1.19 bits per heavy atom. The number of anilines is 1. The fraction of sp³-hybridized carbons (Fsp3) is 0.235. The smallest absolute Gasteiger partial charge is 0.317 e. The van der Waals surface area contributed by atoms with E-state index < -0.39 is 17.6 Å². The third-order valence-electron chi connectivity index (χ3n) is 3.95. The van der Waals surface area contributed by atoms with Crippen LogP contribution in [0, 0.1) is 13.8 Å². The van der Waals surface area contributed by atoms with Crippen molar-refractivity contribution in [1.82, 2.24) is 19.3 Å². The SMILES string of the molecule is Cc1cc(C(=O)Nc2ncn(C)n2)c(C)n1-c1ccccc1C(F)(F)F. The number of alkyl halides is 3. The zero-order valence-electron chi connectivity index (χ0n) is 14.3. The third kappa shape index (κ3) is 3.19. The van der Waals surface area contributed by atoms with Gasteiger partial charge in [0.2, 0.25) is 5.95 Å². The molecular formula is C17H16F3N5O. The normalized spacial score (nSPS) is 11.6. The van der Waals surface area contributed by atoms with E-state index in [4.69, 9.17) is 0 Å². The molecule has 6 nitrogen and oxygen atoms in total. The van der Waals surface area contributed by atoms with Gasteiger partial charge in [0.25, 0.3) is 5.91 Å². The van der Waals surface area contributed by atoms with Crippen LogP contribution in [0.5, 0.6) is 0 Å². The molecule has 0 bridgehead atoms. The summed E-state index contributed by atoms with van der Waals surface area (Å²) < 4.78 is 42.9. The van der Waals surface area contributed by atoms with Crippen LogP contribution in [0.4, 0.5) is 19.1 Å². The van der Waals surface area contributed by atoms with E-state index in [0.29, 0.717) is 11.4 Å². The van der Waals surface area contributed by atoms with E-state index in [1.165, 1.54) is 33.8 Å². The summed E-state index contributed by atoms with van der Waals surface area (Å²) in [5.41, 5.74) is 0.378. The average Bonchev–Trinajstić information content (AvgIpc) is 3.09. The number of benzene rings is 1. The fourth-order valence-electron chi connectivity index (χ4n) is 2.84. The minimum absolute atomic E-state index is 0.0231.